The minimum absolute atomic E-state index is 0.116. The zero-order valence-electron chi connectivity index (χ0n) is 11.5. The fourth-order valence-corrected chi connectivity index (χ4v) is 4.15. The van der Waals surface area contributed by atoms with Gasteiger partial charge in [0, 0.05) is 13.1 Å². The van der Waals surface area contributed by atoms with Crippen molar-refractivity contribution in [2.24, 2.45) is 0 Å². The molecule has 2 rings (SSSR count). The molecule has 1 saturated heterocycles. The highest BCUT2D eigenvalue weighted by molar-refractivity contribution is 7.91. The maximum atomic E-state index is 11.6. The van der Waals surface area contributed by atoms with Crippen molar-refractivity contribution in [1.82, 2.24) is 0 Å². The molecule has 1 aromatic rings. The fraction of sp³-hybridized carbons (Fsp3) is 0.462. The van der Waals surface area contributed by atoms with Gasteiger partial charge in [-0.2, -0.15) is 0 Å². The highest BCUT2D eigenvalue weighted by Gasteiger charge is 2.31. The second-order valence-electron chi connectivity index (χ2n) is 4.93. The molecule has 0 spiro atoms. The van der Waals surface area contributed by atoms with Crippen LogP contribution in [0.1, 0.15) is 16.8 Å². The van der Waals surface area contributed by atoms with E-state index in [4.69, 9.17) is 5.73 Å². The number of nitrogen functional groups attached to an aromatic ring is 1. The Bertz CT molecular complexity index is 627. The van der Waals surface area contributed by atoms with Gasteiger partial charge in [-0.3, -0.25) is 0 Å². The van der Waals surface area contributed by atoms with Crippen LogP contribution < -0.4 is 10.6 Å². The second kappa shape index (κ2) is 5.32. The average Bonchev–Trinajstić information content (AvgIpc) is 2.78. The van der Waals surface area contributed by atoms with E-state index in [2.05, 4.69) is 4.74 Å². The Morgan fingerprint density at radius 3 is 2.70 bits per heavy atom. The summed E-state index contributed by atoms with van der Waals surface area (Å²) in [4.78, 5) is 13.4. The maximum Gasteiger partial charge on any atom is 0.337 e. The molecule has 0 saturated carbocycles. The second-order valence-corrected chi connectivity index (χ2v) is 7.16. The van der Waals surface area contributed by atoms with Crippen LogP contribution in [0.25, 0.3) is 0 Å². The third kappa shape index (κ3) is 2.87. The highest BCUT2D eigenvalue weighted by atomic mass is 32.2. The molecule has 2 N–H and O–H groups in total. The van der Waals surface area contributed by atoms with Crippen molar-refractivity contribution in [2.75, 3.05) is 36.3 Å². The summed E-state index contributed by atoms with van der Waals surface area (Å²) in [7, 11) is 0.135. The van der Waals surface area contributed by atoms with Crippen molar-refractivity contribution in [1.29, 1.82) is 0 Å². The molecule has 6 nitrogen and oxygen atoms in total. The number of methoxy groups -OCH3 is 1. The maximum absolute atomic E-state index is 11.6. The first-order valence-electron chi connectivity index (χ1n) is 6.25. The van der Waals surface area contributed by atoms with E-state index in [1.54, 1.807) is 25.2 Å². The third-order valence-corrected chi connectivity index (χ3v) is 5.34. The lowest BCUT2D eigenvalue weighted by molar-refractivity contribution is 0.0601. The predicted molar refractivity (Wildman–Crippen MR) is 77.7 cm³/mol. The van der Waals surface area contributed by atoms with E-state index in [0.29, 0.717) is 23.4 Å². The van der Waals surface area contributed by atoms with Crippen LogP contribution in [0.4, 0.5) is 11.4 Å². The van der Waals surface area contributed by atoms with Gasteiger partial charge in [-0.25, -0.2) is 13.2 Å². The standard InChI is InChI=1S/C13H18N2O4S/c1-15(10-5-6-20(17,18)8-10)12-7-9(13(16)19-2)3-4-11(12)14/h3-4,7,10H,5-6,8,14H2,1-2H3. The molecule has 1 aromatic carbocycles. The first kappa shape index (κ1) is 14.6. The van der Waals surface area contributed by atoms with Gasteiger partial charge in [-0.15, -0.1) is 0 Å². The van der Waals surface area contributed by atoms with Gasteiger partial charge in [0.1, 0.15) is 0 Å². The summed E-state index contributed by atoms with van der Waals surface area (Å²) < 4.78 is 27.8. The van der Waals surface area contributed by atoms with Gasteiger partial charge in [0.2, 0.25) is 0 Å². The van der Waals surface area contributed by atoms with Crippen LogP contribution in [-0.4, -0.2) is 46.1 Å². The number of sulfone groups is 1. The van der Waals surface area contributed by atoms with Crippen LogP contribution in [-0.2, 0) is 14.6 Å². The number of carbonyl (C=O) groups is 1. The Hall–Kier alpha value is -1.76. The molecule has 0 aromatic heterocycles. The number of carbonyl (C=O) groups excluding carboxylic acids is 1. The van der Waals surface area contributed by atoms with Crippen LogP contribution in [0.15, 0.2) is 18.2 Å². The van der Waals surface area contributed by atoms with Crippen molar-refractivity contribution >= 4 is 27.2 Å². The smallest absolute Gasteiger partial charge is 0.337 e. The number of nitrogens with zero attached hydrogens (tertiary/aromatic N) is 1. The summed E-state index contributed by atoms with van der Waals surface area (Å²) in [6, 6.07) is 4.73. The first-order valence-corrected chi connectivity index (χ1v) is 8.07. The van der Waals surface area contributed by atoms with Gasteiger partial charge < -0.3 is 15.4 Å². The van der Waals surface area contributed by atoms with E-state index in [1.807, 2.05) is 4.90 Å². The van der Waals surface area contributed by atoms with Crippen LogP contribution in [0.5, 0.6) is 0 Å². The largest absolute Gasteiger partial charge is 0.465 e. The van der Waals surface area contributed by atoms with Crippen LogP contribution in [0.3, 0.4) is 0 Å². The third-order valence-electron chi connectivity index (χ3n) is 3.59. The quantitative estimate of drug-likeness (QED) is 0.652. The predicted octanol–water partition coefficient (Wildman–Crippen LogP) is 0.679. The Morgan fingerprint density at radius 1 is 1.45 bits per heavy atom. The van der Waals surface area contributed by atoms with Crippen molar-refractivity contribution in [3.63, 3.8) is 0 Å². The molecule has 1 unspecified atom stereocenters. The van der Waals surface area contributed by atoms with E-state index in [-0.39, 0.29) is 17.5 Å². The molecule has 0 amide bonds. The molecule has 7 heteroatoms. The van der Waals surface area contributed by atoms with Crippen LogP contribution >= 0.6 is 0 Å². The normalized spacial score (nSPS) is 20.6. The van der Waals surface area contributed by atoms with Gasteiger partial charge >= 0.3 is 5.97 Å². The van der Waals surface area contributed by atoms with E-state index >= 15 is 0 Å². The molecule has 1 fully saturated rings. The first-order chi connectivity index (χ1) is 9.34. The molecular weight excluding hydrogens is 280 g/mol. The zero-order chi connectivity index (χ0) is 14.9. The van der Waals surface area contributed by atoms with E-state index < -0.39 is 15.8 Å². The number of anilines is 2. The Morgan fingerprint density at radius 2 is 2.15 bits per heavy atom. The number of benzene rings is 1. The zero-order valence-corrected chi connectivity index (χ0v) is 12.3. The highest BCUT2D eigenvalue weighted by Crippen LogP contribution is 2.29. The van der Waals surface area contributed by atoms with E-state index in [0.717, 1.165) is 0 Å². The van der Waals surface area contributed by atoms with E-state index in [9.17, 15) is 13.2 Å². The molecular formula is C13H18N2O4S. The lowest BCUT2D eigenvalue weighted by Crippen LogP contribution is -2.33. The monoisotopic (exact) mass is 298 g/mol. The SMILES string of the molecule is COC(=O)c1ccc(N)c(N(C)C2CCS(=O)(=O)C2)c1. The topological polar surface area (TPSA) is 89.7 Å². The molecule has 0 bridgehead atoms. The summed E-state index contributed by atoms with van der Waals surface area (Å²) in [5.74, 6) is -0.136. The lowest BCUT2D eigenvalue weighted by atomic mass is 10.1. The summed E-state index contributed by atoms with van der Waals surface area (Å²) in [6.07, 6.45) is 0.570. The summed E-state index contributed by atoms with van der Waals surface area (Å²) in [5.41, 5.74) is 7.47. The molecule has 1 heterocycles. The van der Waals surface area contributed by atoms with Crippen molar-refractivity contribution in [2.45, 2.75) is 12.5 Å². The van der Waals surface area contributed by atoms with Gasteiger partial charge in [0.05, 0.1) is 35.6 Å². The summed E-state index contributed by atoms with van der Waals surface area (Å²) >= 11 is 0. The Labute approximate surface area is 118 Å². The van der Waals surface area contributed by atoms with Gasteiger partial charge in [0.15, 0.2) is 9.84 Å². The molecule has 1 aliphatic rings. The van der Waals surface area contributed by atoms with Gasteiger partial charge in [-0.1, -0.05) is 0 Å². The number of rotatable bonds is 3. The van der Waals surface area contributed by atoms with Gasteiger partial charge in [-0.05, 0) is 24.6 Å². The Kier molecular flexibility index (Phi) is 3.89. The van der Waals surface area contributed by atoms with Gasteiger partial charge in [0.25, 0.3) is 0 Å². The molecule has 1 atom stereocenters. The number of nitrogens with two attached hydrogens (primary N) is 1. The van der Waals surface area contributed by atoms with Crippen molar-refractivity contribution in [3.05, 3.63) is 23.8 Å². The number of hydrogen-bond acceptors (Lipinski definition) is 6. The fourth-order valence-electron chi connectivity index (χ4n) is 2.37. The minimum atomic E-state index is -2.97. The molecule has 0 aliphatic carbocycles. The molecule has 1 aliphatic heterocycles. The summed E-state index contributed by atoms with van der Waals surface area (Å²) in [5, 5.41) is 0. The van der Waals surface area contributed by atoms with Crippen LogP contribution in [0, 0.1) is 0 Å². The minimum Gasteiger partial charge on any atom is -0.465 e. The van der Waals surface area contributed by atoms with Crippen molar-refractivity contribution in [3.8, 4) is 0 Å². The van der Waals surface area contributed by atoms with Crippen LogP contribution in [0.2, 0.25) is 0 Å². The molecule has 110 valence electrons. The number of ether oxygens (including phenoxy) is 1. The number of hydrogen-bond donors (Lipinski definition) is 1. The Balaban J connectivity index is 2.30. The average molecular weight is 298 g/mol. The van der Waals surface area contributed by atoms with Crippen molar-refractivity contribution < 1.29 is 17.9 Å². The molecule has 0 radical (unpaired) electrons. The molecule has 20 heavy (non-hydrogen) atoms. The summed E-state index contributed by atoms with van der Waals surface area (Å²) in [6.45, 7) is 0. The number of esters is 1. The van der Waals surface area contributed by atoms with E-state index in [1.165, 1.54) is 7.11 Å². The lowest BCUT2D eigenvalue weighted by Gasteiger charge is -2.27.